The molecule has 0 atom stereocenters. The van der Waals surface area contributed by atoms with Gasteiger partial charge < -0.3 is 0 Å². The van der Waals surface area contributed by atoms with Gasteiger partial charge in [-0.3, -0.25) is 0 Å². The fraction of sp³-hybridized carbons (Fsp3) is 0. The first-order valence-electron chi connectivity index (χ1n) is 2.72. The van der Waals surface area contributed by atoms with E-state index in [2.05, 4.69) is 15.9 Å². The van der Waals surface area contributed by atoms with Crippen LogP contribution in [0, 0.1) is 24.0 Å². The minimum atomic E-state index is -0.785. The summed E-state index contributed by atoms with van der Waals surface area (Å²) >= 11 is 2.91. The maximum atomic E-state index is 12.7. The summed E-state index contributed by atoms with van der Waals surface area (Å²) in [6.45, 7) is 0. The zero-order valence-electron chi connectivity index (χ0n) is 5.29. The van der Waals surface area contributed by atoms with E-state index in [1.165, 1.54) is 0 Å². The molecule has 0 aliphatic heterocycles. The fourth-order valence-corrected chi connectivity index (χ4v) is 1.06. The average molecular weight is 216 g/mol. The van der Waals surface area contributed by atoms with E-state index in [1.807, 2.05) is 0 Å². The summed E-state index contributed by atoms with van der Waals surface area (Å²) in [5, 5.41) is 0. The van der Waals surface area contributed by atoms with Crippen LogP contribution >= 0.6 is 15.9 Å². The third-order valence-electron chi connectivity index (χ3n) is 1.13. The largest absolute Gasteiger partial charge is 0.205 e. The molecule has 0 saturated heterocycles. The van der Waals surface area contributed by atoms with Crippen LogP contribution in [0.3, 0.4) is 0 Å². The first kappa shape index (κ1) is 8.22. The standard InChI is InChI=1S/C8H2BrF2/c1-2-6-7(10)3-5(9)4-8(6)11/h3-4H. The monoisotopic (exact) mass is 215 g/mol. The summed E-state index contributed by atoms with van der Waals surface area (Å²) in [6, 6.07) is 2.17. The van der Waals surface area contributed by atoms with E-state index >= 15 is 0 Å². The van der Waals surface area contributed by atoms with E-state index in [-0.39, 0.29) is 0 Å². The number of halogens is 3. The van der Waals surface area contributed by atoms with Gasteiger partial charge in [0.25, 0.3) is 0 Å². The van der Waals surface area contributed by atoms with Crippen molar-refractivity contribution in [2.24, 2.45) is 0 Å². The van der Waals surface area contributed by atoms with Crippen molar-refractivity contribution in [1.29, 1.82) is 0 Å². The van der Waals surface area contributed by atoms with Crippen molar-refractivity contribution in [1.82, 2.24) is 0 Å². The highest BCUT2D eigenvalue weighted by atomic mass is 79.9. The molecule has 0 aliphatic rings. The summed E-state index contributed by atoms with van der Waals surface area (Å²) in [6.07, 6.45) is 6.55. The zero-order valence-corrected chi connectivity index (χ0v) is 6.87. The van der Waals surface area contributed by atoms with Crippen LogP contribution in [0.5, 0.6) is 0 Å². The van der Waals surface area contributed by atoms with Crippen molar-refractivity contribution in [3.63, 3.8) is 0 Å². The molecule has 1 aromatic carbocycles. The predicted molar refractivity (Wildman–Crippen MR) is 40.3 cm³/mol. The molecule has 11 heavy (non-hydrogen) atoms. The van der Waals surface area contributed by atoms with E-state index < -0.39 is 17.2 Å². The van der Waals surface area contributed by atoms with Crippen molar-refractivity contribution in [2.75, 3.05) is 0 Å². The van der Waals surface area contributed by atoms with E-state index in [0.717, 1.165) is 12.1 Å². The highest BCUT2D eigenvalue weighted by Gasteiger charge is 2.06. The van der Waals surface area contributed by atoms with E-state index in [1.54, 1.807) is 5.92 Å². The van der Waals surface area contributed by atoms with Crippen LogP contribution in [0.15, 0.2) is 16.6 Å². The maximum Gasteiger partial charge on any atom is 0.142 e. The molecular weight excluding hydrogens is 214 g/mol. The molecule has 3 heteroatoms. The highest BCUT2D eigenvalue weighted by Crippen LogP contribution is 2.18. The SMILES string of the molecule is [C]#Cc1c(F)cc(Br)cc1F. The Kier molecular flexibility index (Phi) is 2.25. The summed E-state index contributed by atoms with van der Waals surface area (Å²) < 4.78 is 25.6. The Balaban J connectivity index is 3.40. The van der Waals surface area contributed by atoms with Gasteiger partial charge in [0.05, 0.1) is 5.56 Å². The molecule has 0 amide bonds. The van der Waals surface area contributed by atoms with Gasteiger partial charge in [-0.2, -0.15) is 0 Å². The van der Waals surface area contributed by atoms with E-state index in [9.17, 15) is 8.78 Å². The molecule has 0 saturated carbocycles. The Hall–Kier alpha value is -0.880. The number of hydrogen-bond acceptors (Lipinski definition) is 0. The smallest absolute Gasteiger partial charge is 0.142 e. The van der Waals surface area contributed by atoms with Crippen molar-refractivity contribution in [3.8, 4) is 5.92 Å². The third kappa shape index (κ3) is 1.58. The van der Waals surface area contributed by atoms with Gasteiger partial charge in [-0.15, -0.1) is 0 Å². The van der Waals surface area contributed by atoms with Crippen LogP contribution in [-0.2, 0) is 0 Å². The van der Waals surface area contributed by atoms with Gasteiger partial charge in [0.1, 0.15) is 11.6 Å². The van der Waals surface area contributed by atoms with Gasteiger partial charge in [0.15, 0.2) is 0 Å². The Bertz CT molecular complexity index is 302. The molecule has 0 spiro atoms. The molecule has 1 rings (SSSR count). The summed E-state index contributed by atoms with van der Waals surface area (Å²) in [7, 11) is 0. The minimum absolute atomic E-state index is 0.312. The lowest BCUT2D eigenvalue weighted by Crippen LogP contribution is -1.88. The molecule has 0 unspecified atom stereocenters. The molecule has 0 N–H and O–H groups in total. The van der Waals surface area contributed by atoms with E-state index in [0.29, 0.717) is 4.47 Å². The van der Waals surface area contributed by atoms with Gasteiger partial charge in [-0.1, -0.05) is 15.9 Å². The summed E-state index contributed by atoms with van der Waals surface area (Å²) in [4.78, 5) is 0. The quantitative estimate of drug-likeness (QED) is 0.584. The second-order valence-electron chi connectivity index (χ2n) is 1.87. The maximum absolute atomic E-state index is 12.7. The van der Waals surface area contributed by atoms with Crippen LogP contribution < -0.4 is 0 Å². The molecule has 0 fully saturated rings. The summed E-state index contributed by atoms with van der Waals surface area (Å²) in [5.41, 5.74) is -0.437. The predicted octanol–water partition coefficient (Wildman–Crippen LogP) is 2.67. The first-order chi connectivity index (χ1) is 5.15. The van der Waals surface area contributed by atoms with Crippen molar-refractivity contribution in [2.45, 2.75) is 0 Å². The highest BCUT2D eigenvalue weighted by molar-refractivity contribution is 9.10. The topological polar surface area (TPSA) is 0 Å². The Morgan fingerprint density at radius 3 is 2.09 bits per heavy atom. The van der Waals surface area contributed by atoms with Crippen LogP contribution in [0.25, 0.3) is 0 Å². The normalized spacial score (nSPS) is 9.27. The van der Waals surface area contributed by atoms with Gasteiger partial charge in [0.2, 0.25) is 0 Å². The van der Waals surface area contributed by atoms with Gasteiger partial charge in [-0.25, -0.2) is 8.78 Å². The average Bonchev–Trinajstić information content (AvgIpc) is 1.85. The molecule has 0 nitrogen and oxygen atoms in total. The van der Waals surface area contributed by atoms with Crippen molar-refractivity contribution >= 4 is 15.9 Å². The molecule has 0 aliphatic carbocycles. The van der Waals surface area contributed by atoms with Gasteiger partial charge in [-0.05, 0) is 24.5 Å². The number of hydrogen-bond donors (Lipinski definition) is 0. The van der Waals surface area contributed by atoms with Crippen LogP contribution in [0.4, 0.5) is 8.78 Å². The molecule has 0 heterocycles. The molecular formula is C8H2BrF2. The van der Waals surface area contributed by atoms with Crippen molar-refractivity contribution < 1.29 is 8.78 Å². The third-order valence-corrected chi connectivity index (χ3v) is 1.59. The Morgan fingerprint density at radius 1 is 1.27 bits per heavy atom. The Labute approximate surface area is 71.4 Å². The zero-order chi connectivity index (χ0) is 8.43. The second kappa shape index (κ2) is 3.02. The lowest BCUT2D eigenvalue weighted by molar-refractivity contribution is 0.576. The Morgan fingerprint density at radius 2 is 1.73 bits per heavy atom. The van der Waals surface area contributed by atoms with Crippen molar-refractivity contribution in [3.05, 3.63) is 40.2 Å². The van der Waals surface area contributed by atoms with Crippen LogP contribution in [-0.4, -0.2) is 0 Å². The summed E-state index contributed by atoms with van der Waals surface area (Å²) in [5.74, 6) is 0.0993. The lowest BCUT2D eigenvalue weighted by Gasteiger charge is -1.96. The number of rotatable bonds is 0. The molecule has 0 aromatic heterocycles. The molecule has 55 valence electrons. The minimum Gasteiger partial charge on any atom is -0.205 e. The fourth-order valence-electron chi connectivity index (χ4n) is 0.662. The second-order valence-corrected chi connectivity index (χ2v) is 2.79. The first-order valence-corrected chi connectivity index (χ1v) is 3.51. The molecule has 0 bridgehead atoms. The van der Waals surface area contributed by atoms with Gasteiger partial charge >= 0.3 is 0 Å². The van der Waals surface area contributed by atoms with Crippen LogP contribution in [0.2, 0.25) is 0 Å². The van der Waals surface area contributed by atoms with Gasteiger partial charge in [0, 0.05) is 4.47 Å². The molecule has 1 aromatic rings. The van der Waals surface area contributed by atoms with Crippen LogP contribution in [0.1, 0.15) is 5.56 Å². The van der Waals surface area contributed by atoms with E-state index in [4.69, 9.17) is 6.42 Å². The molecule has 1 radical (unpaired) electrons. The lowest BCUT2D eigenvalue weighted by atomic mass is 10.2. The number of benzene rings is 1.